The molecule has 0 bridgehead atoms. The molecule has 2 amide bonds. The Morgan fingerprint density at radius 3 is 2.31 bits per heavy atom. The first-order valence-electron chi connectivity index (χ1n) is 8.03. The number of H-pyrrole nitrogens is 2. The number of aromatic amines is 2. The Balaban J connectivity index is 2.01. The fraction of sp³-hybridized carbons (Fsp3) is 0. The summed E-state index contributed by atoms with van der Waals surface area (Å²) in [5, 5.41) is 3.25. The van der Waals surface area contributed by atoms with Crippen LogP contribution < -0.4 is 26.4 Å². The zero-order valence-electron chi connectivity index (χ0n) is 14.5. The largest absolute Gasteiger partial charge is 0.341 e. The van der Waals surface area contributed by atoms with Crippen molar-refractivity contribution in [2.75, 3.05) is 10.3 Å². The van der Waals surface area contributed by atoms with Crippen LogP contribution in [0, 0.1) is 0 Å². The van der Waals surface area contributed by atoms with E-state index in [9.17, 15) is 22.8 Å². The number of nitrogens with one attached hydrogen (secondary N) is 4. The molecule has 0 saturated heterocycles. The van der Waals surface area contributed by atoms with Crippen molar-refractivity contribution in [3.63, 3.8) is 0 Å². The maximum absolute atomic E-state index is 12.8. The summed E-state index contributed by atoms with van der Waals surface area (Å²) in [5.41, 5.74) is -1.61. The van der Waals surface area contributed by atoms with Crippen LogP contribution in [0.4, 0.5) is 16.2 Å². The van der Waals surface area contributed by atoms with E-state index in [0.29, 0.717) is 10.7 Å². The van der Waals surface area contributed by atoms with Gasteiger partial charge in [0.1, 0.15) is 0 Å². The second kappa shape index (κ2) is 8.31. The molecule has 0 spiro atoms. The number of amides is 2. The van der Waals surface area contributed by atoms with Crippen LogP contribution in [0.15, 0.2) is 75.3 Å². The van der Waals surface area contributed by atoms with Gasteiger partial charge in [-0.1, -0.05) is 41.9 Å². The third-order valence-electron chi connectivity index (χ3n) is 3.61. The third-order valence-corrected chi connectivity index (χ3v) is 5.23. The lowest BCUT2D eigenvalue weighted by atomic mass is 10.3. The van der Waals surface area contributed by atoms with Crippen molar-refractivity contribution < 1.29 is 13.2 Å². The average Bonchev–Trinajstić information content (AvgIpc) is 2.67. The zero-order chi connectivity index (χ0) is 21.0. The molecule has 4 N–H and O–H groups in total. The van der Waals surface area contributed by atoms with Gasteiger partial charge in [0.2, 0.25) is 0 Å². The Morgan fingerprint density at radius 2 is 1.66 bits per heavy atom. The van der Waals surface area contributed by atoms with Gasteiger partial charge in [0.05, 0.1) is 10.7 Å². The van der Waals surface area contributed by atoms with Crippen molar-refractivity contribution in [2.24, 2.45) is 0 Å². The van der Waals surface area contributed by atoms with Gasteiger partial charge in [-0.3, -0.25) is 9.78 Å². The molecule has 0 saturated carbocycles. The van der Waals surface area contributed by atoms with E-state index >= 15 is 0 Å². The number of hydrogen-bond acceptors (Lipinski definition) is 5. The first-order valence-corrected chi connectivity index (χ1v) is 9.89. The van der Waals surface area contributed by atoms with Crippen molar-refractivity contribution in [3.05, 3.63) is 86.7 Å². The quantitative estimate of drug-likeness (QED) is 0.450. The van der Waals surface area contributed by atoms with Crippen LogP contribution in [0.25, 0.3) is 0 Å². The molecular weight excluding hydrogens is 422 g/mol. The van der Waals surface area contributed by atoms with Crippen molar-refractivity contribution in [2.45, 2.75) is 4.90 Å². The lowest BCUT2D eigenvalue weighted by Gasteiger charge is -2.24. The van der Waals surface area contributed by atoms with Gasteiger partial charge in [-0.15, -0.1) is 4.83 Å². The predicted octanol–water partition coefficient (Wildman–Crippen LogP) is 1.65. The van der Waals surface area contributed by atoms with Gasteiger partial charge in [0.15, 0.2) is 4.90 Å². The van der Waals surface area contributed by atoms with E-state index < -0.39 is 32.2 Å². The first-order chi connectivity index (χ1) is 13.8. The topological polar surface area (TPSA) is 144 Å². The number of hydrazine groups is 1. The van der Waals surface area contributed by atoms with Gasteiger partial charge >= 0.3 is 11.7 Å². The van der Waals surface area contributed by atoms with Gasteiger partial charge in [-0.25, -0.2) is 23.0 Å². The highest BCUT2D eigenvalue weighted by atomic mass is 35.5. The number of nitrogens with zero attached hydrogens (tertiary/aromatic N) is 1. The number of sulfonamides is 1. The van der Waals surface area contributed by atoms with Crippen molar-refractivity contribution in [1.29, 1.82) is 0 Å². The summed E-state index contributed by atoms with van der Waals surface area (Å²) in [7, 11) is -4.57. The summed E-state index contributed by atoms with van der Waals surface area (Å²) >= 11 is 6.12. The summed E-state index contributed by atoms with van der Waals surface area (Å²) in [4.78, 5) is 40.9. The molecule has 3 rings (SSSR count). The van der Waals surface area contributed by atoms with Crippen molar-refractivity contribution >= 4 is 39.0 Å². The molecule has 12 heteroatoms. The highest BCUT2D eigenvalue weighted by Crippen LogP contribution is 2.25. The van der Waals surface area contributed by atoms with Crippen LogP contribution >= 0.6 is 11.6 Å². The number of aromatic nitrogens is 2. The molecular formula is C17H14ClN5O5S. The van der Waals surface area contributed by atoms with Gasteiger partial charge in [-0.2, -0.15) is 0 Å². The number of urea groups is 1. The molecule has 0 unspecified atom stereocenters. The second-order valence-corrected chi connectivity index (χ2v) is 7.65. The Hall–Kier alpha value is -3.41. The van der Waals surface area contributed by atoms with Gasteiger partial charge in [0, 0.05) is 11.9 Å². The lowest BCUT2D eigenvalue weighted by molar-refractivity contribution is 0.256. The molecule has 0 aliphatic carbocycles. The maximum Gasteiger partial charge on any atom is 0.341 e. The number of carbonyl (C=O) groups is 1. The van der Waals surface area contributed by atoms with E-state index in [1.54, 1.807) is 42.5 Å². The number of carbonyl (C=O) groups excluding carboxylic acids is 1. The van der Waals surface area contributed by atoms with Gasteiger partial charge in [-0.05, 0) is 24.3 Å². The molecule has 150 valence electrons. The normalized spacial score (nSPS) is 11.1. The van der Waals surface area contributed by atoms with Crippen LogP contribution in [0.2, 0.25) is 5.02 Å². The predicted molar refractivity (Wildman–Crippen MR) is 107 cm³/mol. The first kappa shape index (κ1) is 20.3. The second-order valence-electron chi connectivity index (χ2n) is 5.61. The maximum atomic E-state index is 12.8. The van der Waals surface area contributed by atoms with Crippen molar-refractivity contribution in [1.82, 2.24) is 14.8 Å². The summed E-state index contributed by atoms with van der Waals surface area (Å²) in [6.45, 7) is 0. The zero-order valence-corrected chi connectivity index (χ0v) is 16.1. The summed E-state index contributed by atoms with van der Waals surface area (Å²) < 4.78 is 25.4. The molecule has 0 radical (unpaired) electrons. The van der Waals surface area contributed by atoms with E-state index in [0.717, 1.165) is 6.20 Å². The molecule has 29 heavy (non-hydrogen) atoms. The monoisotopic (exact) mass is 435 g/mol. The van der Waals surface area contributed by atoms with Crippen LogP contribution in [0.3, 0.4) is 0 Å². The minimum atomic E-state index is -4.57. The Bertz CT molecular complexity index is 1260. The van der Waals surface area contributed by atoms with Crippen molar-refractivity contribution in [3.8, 4) is 0 Å². The fourth-order valence-corrected chi connectivity index (χ4v) is 3.55. The summed E-state index contributed by atoms with van der Waals surface area (Å²) in [5.74, 6) is 0. The number of halogens is 1. The number of rotatable bonds is 5. The third kappa shape index (κ3) is 4.71. The number of benzene rings is 2. The molecule has 2 aromatic carbocycles. The van der Waals surface area contributed by atoms with E-state index in [-0.39, 0.29) is 10.7 Å². The standard InChI is InChI=1S/C17H14ClN5O5S/c18-12-8-4-5-9-13(12)23(17(26)20-11-6-2-1-3-7-11)22-29(27,28)14-10-19-16(25)21-15(14)24/h1-10,22H,(H,20,26)(H2,19,21,24,25). The number of anilines is 2. The van der Waals surface area contributed by atoms with E-state index in [1.165, 1.54) is 12.1 Å². The fourth-order valence-electron chi connectivity index (χ4n) is 2.30. The van der Waals surface area contributed by atoms with Crippen LogP contribution in [-0.2, 0) is 10.0 Å². The molecule has 0 aliphatic heterocycles. The molecule has 0 fully saturated rings. The minimum Gasteiger partial charge on any atom is -0.313 e. The highest BCUT2D eigenvalue weighted by Gasteiger charge is 2.27. The number of hydrogen-bond donors (Lipinski definition) is 4. The molecule has 1 heterocycles. The summed E-state index contributed by atoms with van der Waals surface area (Å²) in [6, 6.07) is 13.4. The summed E-state index contributed by atoms with van der Waals surface area (Å²) in [6.07, 6.45) is 0.726. The van der Waals surface area contributed by atoms with E-state index in [1.807, 2.05) is 9.82 Å². The smallest absolute Gasteiger partial charge is 0.313 e. The molecule has 10 nitrogen and oxygen atoms in total. The Labute approximate surface area is 169 Å². The molecule has 0 atom stereocenters. The Morgan fingerprint density at radius 1 is 1.00 bits per heavy atom. The van der Waals surface area contributed by atoms with E-state index in [2.05, 4.69) is 10.3 Å². The molecule has 0 aliphatic rings. The SMILES string of the molecule is O=C(Nc1ccccc1)N(NS(=O)(=O)c1c[nH]c(=O)[nH]c1=O)c1ccccc1Cl. The Kier molecular flexibility index (Phi) is 5.82. The average molecular weight is 436 g/mol. The van der Waals surface area contributed by atoms with Gasteiger partial charge < -0.3 is 10.3 Å². The lowest BCUT2D eigenvalue weighted by Crippen LogP contribution is -2.49. The number of para-hydroxylation sites is 2. The molecule has 3 aromatic rings. The van der Waals surface area contributed by atoms with Crippen LogP contribution in [0.1, 0.15) is 0 Å². The van der Waals surface area contributed by atoms with Crippen LogP contribution in [0.5, 0.6) is 0 Å². The molecule has 1 aromatic heterocycles. The van der Waals surface area contributed by atoms with E-state index in [4.69, 9.17) is 11.6 Å². The van der Waals surface area contributed by atoms with Crippen LogP contribution in [-0.4, -0.2) is 24.4 Å². The highest BCUT2D eigenvalue weighted by molar-refractivity contribution is 7.89. The minimum absolute atomic E-state index is 0.0204. The van der Waals surface area contributed by atoms with Gasteiger partial charge in [0.25, 0.3) is 15.6 Å².